The molecule has 0 unspecified atom stereocenters. The molecule has 0 radical (unpaired) electrons. The number of halogens is 1. The number of hydrogen-bond donors (Lipinski definition) is 0. The third kappa shape index (κ3) is 4.83. The van der Waals surface area contributed by atoms with E-state index in [1.807, 2.05) is 54.6 Å². The Morgan fingerprint density at radius 1 is 0.952 bits per heavy atom. The molecule has 2 aromatic carbocycles. The molecule has 0 saturated carbocycles. The first-order valence-electron chi connectivity index (χ1n) is 7.00. The minimum atomic E-state index is -0.270. The smallest absolute Gasteiger partial charge is 0.221 e. The van der Waals surface area contributed by atoms with Gasteiger partial charge < -0.3 is 0 Å². The average molecular weight is 301 g/mol. The third-order valence-corrected chi connectivity index (χ3v) is 3.58. The molecule has 0 aromatic heterocycles. The zero-order chi connectivity index (χ0) is 15.1. The molecular formula is C18H17ClO2. The van der Waals surface area contributed by atoms with Gasteiger partial charge in [0, 0.05) is 18.4 Å². The molecule has 0 spiro atoms. The van der Waals surface area contributed by atoms with Crippen molar-refractivity contribution in [2.45, 2.75) is 25.7 Å². The predicted octanol–water partition coefficient (Wildman–Crippen LogP) is 4.20. The molecule has 0 bridgehead atoms. The van der Waals surface area contributed by atoms with Gasteiger partial charge in [0.15, 0.2) is 5.78 Å². The molecule has 0 amide bonds. The summed E-state index contributed by atoms with van der Waals surface area (Å²) in [6, 6.07) is 17.7. The highest BCUT2D eigenvalue weighted by molar-refractivity contribution is 6.63. The van der Waals surface area contributed by atoms with Gasteiger partial charge in [0.1, 0.15) is 0 Å². The van der Waals surface area contributed by atoms with Crippen molar-refractivity contribution in [3.63, 3.8) is 0 Å². The summed E-state index contributed by atoms with van der Waals surface area (Å²) < 4.78 is 0. The fourth-order valence-electron chi connectivity index (χ4n) is 2.28. The van der Waals surface area contributed by atoms with Crippen molar-refractivity contribution in [1.29, 1.82) is 0 Å². The van der Waals surface area contributed by atoms with Crippen LogP contribution in [0.5, 0.6) is 0 Å². The zero-order valence-electron chi connectivity index (χ0n) is 11.7. The van der Waals surface area contributed by atoms with Crippen molar-refractivity contribution in [3.8, 4) is 0 Å². The van der Waals surface area contributed by atoms with Crippen LogP contribution in [0.25, 0.3) is 0 Å². The number of aryl methyl sites for hydroxylation is 2. The van der Waals surface area contributed by atoms with E-state index in [9.17, 15) is 9.59 Å². The summed E-state index contributed by atoms with van der Waals surface area (Å²) in [5.74, 6) is 0.301. The first-order valence-corrected chi connectivity index (χ1v) is 7.38. The lowest BCUT2D eigenvalue weighted by Gasteiger charge is -1.95. The molecule has 0 aliphatic heterocycles. The van der Waals surface area contributed by atoms with Gasteiger partial charge in [-0.15, -0.1) is 0 Å². The summed E-state index contributed by atoms with van der Waals surface area (Å²) in [6.07, 6.45) is 2.81. The number of fused-ring (bicyclic) bond motifs is 1. The lowest BCUT2D eigenvalue weighted by molar-refractivity contribution is -0.111. The molecule has 0 N–H and O–H groups in total. The molecule has 2 aromatic rings. The summed E-state index contributed by atoms with van der Waals surface area (Å²) in [5.41, 5.74) is 3.30. The summed E-state index contributed by atoms with van der Waals surface area (Å²) in [4.78, 5) is 21.4. The van der Waals surface area contributed by atoms with E-state index in [1.165, 1.54) is 5.56 Å². The van der Waals surface area contributed by atoms with E-state index in [0.717, 1.165) is 24.0 Å². The largest absolute Gasteiger partial charge is 0.294 e. The van der Waals surface area contributed by atoms with Gasteiger partial charge in [-0.25, -0.2) is 0 Å². The summed E-state index contributed by atoms with van der Waals surface area (Å²) >= 11 is 5.19. The van der Waals surface area contributed by atoms with Crippen LogP contribution in [0.3, 0.4) is 0 Å². The zero-order valence-corrected chi connectivity index (χ0v) is 12.5. The SMILES string of the molecule is O=C(Cl)CCc1ccccc1.O=C1CCc2ccccc21. The van der Waals surface area contributed by atoms with Crippen LogP contribution in [0.2, 0.25) is 0 Å². The molecule has 2 nitrogen and oxygen atoms in total. The van der Waals surface area contributed by atoms with Gasteiger partial charge in [0.2, 0.25) is 5.24 Å². The van der Waals surface area contributed by atoms with Gasteiger partial charge in [-0.2, -0.15) is 0 Å². The number of rotatable bonds is 3. The van der Waals surface area contributed by atoms with E-state index < -0.39 is 0 Å². The quantitative estimate of drug-likeness (QED) is 0.796. The minimum absolute atomic E-state index is 0.270. The number of carbonyl (C=O) groups is 2. The average Bonchev–Trinajstić information content (AvgIpc) is 2.89. The molecule has 3 rings (SSSR count). The molecule has 3 heteroatoms. The van der Waals surface area contributed by atoms with Crippen LogP contribution < -0.4 is 0 Å². The maximum atomic E-state index is 11.1. The van der Waals surface area contributed by atoms with Crippen molar-refractivity contribution < 1.29 is 9.59 Å². The van der Waals surface area contributed by atoms with Crippen molar-refractivity contribution in [3.05, 3.63) is 71.3 Å². The molecule has 21 heavy (non-hydrogen) atoms. The van der Waals surface area contributed by atoms with Crippen LogP contribution in [0.4, 0.5) is 0 Å². The second-order valence-corrected chi connectivity index (χ2v) is 5.34. The van der Waals surface area contributed by atoms with Crippen LogP contribution in [0.15, 0.2) is 54.6 Å². The van der Waals surface area contributed by atoms with Crippen LogP contribution in [-0.2, 0) is 17.6 Å². The van der Waals surface area contributed by atoms with Gasteiger partial charge in [0.05, 0.1) is 0 Å². The fourth-order valence-corrected chi connectivity index (χ4v) is 2.37. The fraction of sp³-hybridized carbons (Fsp3) is 0.222. The molecule has 0 fully saturated rings. The van der Waals surface area contributed by atoms with Crippen molar-refractivity contribution in [2.24, 2.45) is 0 Å². The first-order chi connectivity index (χ1) is 10.2. The van der Waals surface area contributed by atoms with E-state index in [4.69, 9.17) is 11.6 Å². The number of ketones is 1. The second-order valence-electron chi connectivity index (χ2n) is 4.92. The summed E-state index contributed by atoms with van der Waals surface area (Å²) in [7, 11) is 0. The van der Waals surface area contributed by atoms with Gasteiger partial charge in [0.25, 0.3) is 0 Å². The Morgan fingerprint density at radius 2 is 1.62 bits per heavy atom. The van der Waals surface area contributed by atoms with Crippen molar-refractivity contribution in [1.82, 2.24) is 0 Å². The Labute approximate surface area is 129 Å². The molecule has 0 heterocycles. The van der Waals surface area contributed by atoms with Crippen LogP contribution in [0.1, 0.15) is 34.3 Å². The van der Waals surface area contributed by atoms with E-state index in [1.54, 1.807) is 0 Å². The molecule has 1 aliphatic carbocycles. The van der Waals surface area contributed by atoms with E-state index in [-0.39, 0.29) is 5.24 Å². The minimum Gasteiger partial charge on any atom is -0.294 e. The highest BCUT2D eigenvalue weighted by atomic mass is 35.5. The Kier molecular flexibility index (Phi) is 5.70. The number of carbonyl (C=O) groups excluding carboxylic acids is 2. The highest BCUT2D eigenvalue weighted by Crippen LogP contribution is 2.20. The maximum absolute atomic E-state index is 11.1. The van der Waals surface area contributed by atoms with Crippen LogP contribution in [0, 0.1) is 0 Å². The lowest BCUT2D eigenvalue weighted by atomic mass is 10.1. The Balaban J connectivity index is 0.000000154. The van der Waals surface area contributed by atoms with Gasteiger partial charge in [-0.1, -0.05) is 54.6 Å². The third-order valence-electron chi connectivity index (χ3n) is 3.39. The Morgan fingerprint density at radius 3 is 2.29 bits per heavy atom. The van der Waals surface area contributed by atoms with E-state index in [0.29, 0.717) is 18.6 Å². The van der Waals surface area contributed by atoms with Crippen LogP contribution in [-0.4, -0.2) is 11.0 Å². The number of Topliss-reactive ketones (excluding diaryl/α,β-unsaturated/α-hetero) is 1. The van der Waals surface area contributed by atoms with Gasteiger partial charge in [-0.3, -0.25) is 9.59 Å². The van der Waals surface area contributed by atoms with Gasteiger partial charge in [-0.05, 0) is 35.6 Å². The van der Waals surface area contributed by atoms with Crippen molar-refractivity contribution >= 4 is 22.6 Å². The summed E-state index contributed by atoms with van der Waals surface area (Å²) in [5, 5.41) is -0.270. The maximum Gasteiger partial charge on any atom is 0.221 e. The predicted molar refractivity (Wildman–Crippen MR) is 84.7 cm³/mol. The molecule has 1 aliphatic rings. The first kappa shape index (κ1) is 15.5. The van der Waals surface area contributed by atoms with E-state index in [2.05, 4.69) is 0 Å². The standard InChI is InChI=1S/C9H9ClO.C9H8O/c10-9(11)7-6-8-4-2-1-3-5-8;10-9-6-5-7-3-1-2-4-8(7)9/h1-5H,6-7H2;1-4H,5-6H2. The second kappa shape index (κ2) is 7.75. The molecule has 108 valence electrons. The monoisotopic (exact) mass is 300 g/mol. The summed E-state index contributed by atoms with van der Waals surface area (Å²) in [6.45, 7) is 0. The van der Waals surface area contributed by atoms with Crippen LogP contribution >= 0.6 is 11.6 Å². The highest BCUT2D eigenvalue weighted by Gasteiger charge is 2.17. The van der Waals surface area contributed by atoms with Gasteiger partial charge >= 0.3 is 0 Å². The number of hydrogen-bond acceptors (Lipinski definition) is 2. The normalized spacial score (nSPS) is 12.3. The van der Waals surface area contributed by atoms with E-state index >= 15 is 0 Å². The van der Waals surface area contributed by atoms with Crippen molar-refractivity contribution in [2.75, 3.05) is 0 Å². The lowest BCUT2D eigenvalue weighted by Crippen LogP contribution is -1.90. The number of benzene rings is 2. The molecule has 0 atom stereocenters. The Hall–Kier alpha value is -1.93. The molecule has 0 saturated heterocycles. The Bertz CT molecular complexity index is 620. The molecular weight excluding hydrogens is 284 g/mol. The topological polar surface area (TPSA) is 34.1 Å².